The van der Waals surface area contributed by atoms with Crippen LogP contribution in [-0.2, 0) is 10.2 Å². The fourth-order valence-electron chi connectivity index (χ4n) is 3.87. The number of carbonyl (C=O) groups excluding carboxylic acids is 1. The largest absolute Gasteiger partial charge is 0.497 e. The van der Waals surface area contributed by atoms with Crippen LogP contribution < -0.4 is 19.5 Å². The average molecular weight is 426 g/mol. The predicted octanol–water partition coefficient (Wildman–Crippen LogP) is 5.57. The maximum Gasteiger partial charge on any atom is 0.261 e. The van der Waals surface area contributed by atoms with Crippen LogP contribution in [-0.4, -0.2) is 24.7 Å². The zero-order valence-corrected chi connectivity index (χ0v) is 19.7. The molecule has 1 aliphatic heterocycles. The molecule has 1 aliphatic rings. The third-order valence-corrected chi connectivity index (χ3v) is 5.66. The number of benzene rings is 2. The highest BCUT2D eigenvalue weighted by Crippen LogP contribution is 2.41. The van der Waals surface area contributed by atoms with E-state index in [1.807, 2.05) is 51.1 Å². The van der Waals surface area contributed by atoms with E-state index in [-0.39, 0.29) is 17.4 Å². The monoisotopic (exact) mass is 425 g/mol. The molecular weight excluding hydrogens is 390 g/mol. The Kier molecular flexibility index (Phi) is 6.54. The van der Waals surface area contributed by atoms with Crippen molar-refractivity contribution in [1.82, 2.24) is 5.32 Å². The number of rotatable bonds is 6. The molecule has 2 atom stereocenters. The normalized spacial score (nSPS) is 18.4. The Morgan fingerprint density at radius 2 is 1.81 bits per heavy atom. The zero-order valence-electron chi connectivity index (χ0n) is 19.7. The molecule has 1 amide bonds. The standard InChI is InChI=1S/C26H35NO4/c1-8-22(30-18-11-9-17(10-12-18)25(2,3)4)24(28)27-21-16-26(5,6)31-23-15-19(29-7)13-14-20(21)23/h9-15,21-22H,8,16H2,1-7H3,(H,27,28)/t21-,22-/m1/s1. The van der Waals surface area contributed by atoms with Crippen molar-refractivity contribution in [2.75, 3.05) is 7.11 Å². The molecule has 0 spiro atoms. The second-order valence-electron chi connectivity index (χ2n) is 9.82. The fraction of sp³-hybridized carbons (Fsp3) is 0.500. The van der Waals surface area contributed by atoms with Gasteiger partial charge in [0.05, 0.1) is 13.2 Å². The third-order valence-electron chi connectivity index (χ3n) is 5.66. The lowest BCUT2D eigenvalue weighted by Gasteiger charge is -2.38. The van der Waals surface area contributed by atoms with Crippen LogP contribution in [0.2, 0.25) is 0 Å². The summed E-state index contributed by atoms with van der Waals surface area (Å²) in [6.07, 6.45) is 0.692. The van der Waals surface area contributed by atoms with Crippen molar-refractivity contribution in [2.24, 2.45) is 0 Å². The molecule has 2 aromatic carbocycles. The first-order valence-corrected chi connectivity index (χ1v) is 11.0. The van der Waals surface area contributed by atoms with Crippen LogP contribution in [0.25, 0.3) is 0 Å². The lowest BCUT2D eigenvalue weighted by Crippen LogP contribution is -2.45. The van der Waals surface area contributed by atoms with Crippen LogP contribution in [0.4, 0.5) is 0 Å². The van der Waals surface area contributed by atoms with Gasteiger partial charge in [0.25, 0.3) is 5.91 Å². The Hall–Kier alpha value is -2.69. The van der Waals surface area contributed by atoms with Crippen LogP contribution in [0.15, 0.2) is 42.5 Å². The fourth-order valence-corrected chi connectivity index (χ4v) is 3.87. The second kappa shape index (κ2) is 8.81. The molecule has 0 saturated heterocycles. The molecule has 3 rings (SSSR count). The van der Waals surface area contributed by atoms with Gasteiger partial charge in [-0.15, -0.1) is 0 Å². The number of hydrogen-bond donors (Lipinski definition) is 1. The van der Waals surface area contributed by atoms with Gasteiger partial charge in [0.1, 0.15) is 22.8 Å². The van der Waals surface area contributed by atoms with Crippen LogP contribution >= 0.6 is 0 Å². The minimum absolute atomic E-state index is 0.0754. The van der Waals surface area contributed by atoms with E-state index < -0.39 is 11.7 Å². The molecule has 5 heteroatoms. The van der Waals surface area contributed by atoms with Crippen molar-refractivity contribution in [1.29, 1.82) is 0 Å². The summed E-state index contributed by atoms with van der Waals surface area (Å²) in [5, 5.41) is 3.19. The molecule has 5 nitrogen and oxygen atoms in total. The van der Waals surface area contributed by atoms with Crippen LogP contribution in [0, 0.1) is 0 Å². The van der Waals surface area contributed by atoms with Gasteiger partial charge in [-0.05, 0) is 55.5 Å². The molecule has 2 aromatic rings. The van der Waals surface area contributed by atoms with Crippen molar-refractivity contribution < 1.29 is 19.0 Å². The van der Waals surface area contributed by atoms with Gasteiger partial charge in [0, 0.05) is 18.1 Å². The average Bonchev–Trinajstić information content (AvgIpc) is 2.70. The molecule has 0 radical (unpaired) electrons. The topological polar surface area (TPSA) is 56.8 Å². The summed E-state index contributed by atoms with van der Waals surface area (Å²) in [7, 11) is 1.63. The van der Waals surface area contributed by atoms with E-state index in [0.717, 1.165) is 17.1 Å². The maximum atomic E-state index is 13.1. The molecule has 0 unspecified atom stereocenters. The number of hydrogen-bond acceptors (Lipinski definition) is 4. The summed E-state index contributed by atoms with van der Waals surface area (Å²) >= 11 is 0. The summed E-state index contributed by atoms with van der Waals surface area (Å²) in [5.74, 6) is 2.06. The van der Waals surface area contributed by atoms with Crippen molar-refractivity contribution in [2.45, 2.75) is 77.5 Å². The lowest BCUT2D eigenvalue weighted by atomic mass is 9.87. The Morgan fingerprint density at radius 1 is 1.16 bits per heavy atom. The Bertz CT molecular complexity index is 912. The number of ether oxygens (including phenoxy) is 3. The number of methoxy groups -OCH3 is 1. The minimum atomic E-state index is -0.562. The van der Waals surface area contributed by atoms with Gasteiger partial charge in [0.2, 0.25) is 0 Å². The highest BCUT2D eigenvalue weighted by molar-refractivity contribution is 5.81. The van der Waals surface area contributed by atoms with E-state index in [9.17, 15) is 4.79 Å². The lowest BCUT2D eigenvalue weighted by molar-refractivity contribution is -0.129. The van der Waals surface area contributed by atoms with Gasteiger partial charge in [-0.25, -0.2) is 0 Å². The van der Waals surface area contributed by atoms with E-state index in [2.05, 4.69) is 38.2 Å². The van der Waals surface area contributed by atoms with Crippen molar-refractivity contribution in [3.05, 3.63) is 53.6 Å². The SMILES string of the molecule is CC[C@@H](Oc1ccc(C(C)(C)C)cc1)C(=O)N[C@@H]1CC(C)(C)Oc2cc(OC)ccc21. The summed E-state index contributed by atoms with van der Waals surface area (Å²) in [5.41, 5.74) is 1.86. The highest BCUT2D eigenvalue weighted by Gasteiger charge is 2.36. The van der Waals surface area contributed by atoms with E-state index >= 15 is 0 Å². The molecule has 168 valence electrons. The van der Waals surface area contributed by atoms with E-state index in [4.69, 9.17) is 14.2 Å². The van der Waals surface area contributed by atoms with E-state index in [0.29, 0.717) is 18.6 Å². The Morgan fingerprint density at radius 3 is 2.39 bits per heavy atom. The first-order valence-electron chi connectivity index (χ1n) is 11.0. The van der Waals surface area contributed by atoms with Gasteiger partial charge in [-0.3, -0.25) is 4.79 Å². The van der Waals surface area contributed by atoms with Crippen LogP contribution in [0.3, 0.4) is 0 Å². The molecule has 1 N–H and O–H groups in total. The van der Waals surface area contributed by atoms with Crippen molar-refractivity contribution in [3.8, 4) is 17.2 Å². The van der Waals surface area contributed by atoms with E-state index in [1.54, 1.807) is 7.11 Å². The second-order valence-corrected chi connectivity index (χ2v) is 9.82. The van der Waals surface area contributed by atoms with Crippen LogP contribution in [0.5, 0.6) is 17.2 Å². The van der Waals surface area contributed by atoms with Gasteiger partial charge in [-0.1, -0.05) is 39.8 Å². The smallest absolute Gasteiger partial charge is 0.261 e. The molecular formula is C26H35NO4. The first-order chi connectivity index (χ1) is 14.5. The molecule has 0 fully saturated rings. The molecule has 0 aromatic heterocycles. The predicted molar refractivity (Wildman–Crippen MR) is 123 cm³/mol. The molecule has 31 heavy (non-hydrogen) atoms. The van der Waals surface area contributed by atoms with Gasteiger partial charge in [-0.2, -0.15) is 0 Å². The number of fused-ring (bicyclic) bond motifs is 1. The van der Waals surface area contributed by atoms with Gasteiger partial charge >= 0.3 is 0 Å². The Labute approximate surface area is 186 Å². The summed E-state index contributed by atoms with van der Waals surface area (Å²) in [6, 6.07) is 13.6. The van der Waals surface area contributed by atoms with Gasteiger partial charge < -0.3 is 19.5 Å². The quantitative estimate of drug-likeness (QED) is 0.657. The first kappa shape index (κ1) is 23.0. The number of nitrogens with one attached hydrogen (secondary N) is 1. The summed E-state index contributed by atoms with van der Waals surface area (Å²) < 4.78 is 17.5. The summed E-state index contributed by atoms with van der Waals surface area (Å²) in [4.78, 5) is 13.1. The minimum Gasteiger partial charge on any atom is -0.497 e. The van der Waals surface area contributed by atoms with Crippen LogP contribution in [0.1, 0.15) is 71.6 Å². The number of carbonyl (C=O) groups is 1. The van der Waals surface area contributed by atoms with E-state index in [1.165, 1.54) is 5.56 Å². The van der Waals surface area contributed by atoms with Crippen molar-refractivity contribution in [3.63, 3.8) is 0 Å². The zero-order chi connectivity index (χ0) is 22.8. The molecule has 0 aliphatic carbocycles. The summed E-state index contributed by atoms with van der Waals surface area (Å²) in [6.45, 7) is 12.5. The van der Waals surface area contributed by atoms with Gasteiger partial charge in [0.15, 0.2) is 6.10 Å². The molecule has 0 bridgehead atoms. The maximum absolute atomic E-state index is 13.1. The highest BCUT2D eigenvalue weighted by atomic mass is 16.5. The Balaban J connectivity index is 1.75. The third kappa shape index (κ3) is 5.52. The molecule has 1 heterocycles. The molecule has 0 saturated carbocycles. The number of amides is 1. The van der Waals surface area contributed by atoms with Crippen molar-refractivity contribution >= 4 is 5.91 Å².